The number of carbonyl (C=O) groups is 1. The second-order valence-electron chi connectivity index (χ2n) is 7.62. The van der Waals surface area contributed by atoms with Crippen LogP contribution >= 0.6 is 11.6 Å². The summed E-state index contributed by atoms with van der Waals surface area (Å²) >= 11 is 6.50. The molecular weight excluding hydrogens is 455 g/mol. The van der Waals surface area contributed by atoms with E-state index in [1.165, 1.54) is 37.3 Å². The maximum absolute atomic E-state index is 13.7. The van der Waals surface area contributed by atoms with E-state index < -0.39 is 29.3 Å². The summed E-state index contributed by atoms with van der Waals surface area (Å²) in [5.74, 6) is 0.280. The number of amides is 1. The Hall–Kier alpha value is -3.19. The van der Waals surface area contributed by atoms with E-state index in [2.05, 4.69) is 0 Å². The lowest BCUT2D eigenvalue weighted by Gasteiger charge is -2.39. The normalized spacial score (nSPS) is 15.7. The molecule has 4 nitrogen and oxygen atoms in total. The first kappa shape index (κ1) is 23.0. The number of benzene rings is 3. The number of nitrogens with zero attached hydrogens (tertiary/aromatic N) is 1. The third-order valence-corrected chi connectivity index (χ3v) is 6.14. The summed E-state index contributed by atoms with van der Waals surface area (Å²) in [7, 11) is 3.03. The number of rotatable bonds is 4. The topological polar surface area (TPSA) is 38.8 Å². The summed E-state index contributed by atoms with van der Waals surface area (Å²) in [6, 6.07) is 14.7. The van der Waals surface area contributed by atoms with Crippen LogP contribution < -0.4 is 9.47 Å². The number of fused-ring (bicyclic) bond motifs is 1. The Morgan fingerprint density at radius 3 is 2.27 bits per heavy atom. The molecule has 0 bridgehead atoms. The van der Waals surface area contributed by atoms with Crippen molar-refractivity contribution in [1.82, 2.24) is 4.90 Å². The Kier molecular flexibility index (Phi) is 6.26. The highest BCUT2D eigenvalue weighted by Crippen LogP contribution is 2.44. The number of methoxy groups -OCH3 is 2. The second-order valence-corrected chi connectivity index (χ2v) is 8.03. The van der Waals surface area contributed by atoms with E-state index in [1.54, 1.807) is 30.3 Å². The van der Waals surface area contributed by atoms with Crippen molar-refractivity contribution in [2.24, 2.45) is 0 Å². The number of hydrogen-bond donors (Lipinski definition) is 0. The summed E-state index contributed by atoms with van der Waals surface area (Å²) in [6.45, 7) is 0.212. The largest absolute Gasteiger partial charge is 0.493 e. The van der Waals surface area contributed by atoms with Crippen LogP contribution in [-0.4, -0.2) is 31.6 Å². The number of ether oxygens (including phenoxy) is 2. The zero-order valence-corrected chi connectivity index (χ0v) is 18.7. The fraction of sp³-hybridized carbons (Fsp3) is 0.240. The molecule has 1 atom stereocenters. The predicted octanol–water partition coefficient (Wildman–Crippen LogP) is 6.16. The zero-order valence-electron chi connectivity index (χ0n) is 17.9. The molecule has 8 heteroatoms. The van der Waals surface area contributed by atoms with Crippen LogP contribution in [0.25, 0.3) is 0 Å². The van der Waals surface area contributed by atoms with Crippen molar-refractivity contribution in [2.45, 2.75) is 18.6 Å². The lowest BCUT2D eigenvalue weighted by molar-refractivity contribution is -0.138. The van der Waals surface area contributed by atoms with Crippen LogP contribution in [0.2, 0.25) is 5.02 Å². The van der Waals surface area contributed by atoms with Gasteiger partial charge in [0.1, 0.15) is 0 Å². The number of halogens is 4. The first-order valence-electron chi connectivity index (χ1n) is 10.2. The molecule has 0 fully saturated rings. The van der Waals surface area contributed by atoms with Gasteiger partial charge in [-0.2, -0.15) is 13.2 Å². The van der Waals surface area contributed by atoms with Crippen LogP contribution in [0.1, 0.15) is 38.7 Å². The van der Waals surface area contributed by atoms with Gasteiger partial charge < -0.3 is 14.4 Å². The molecule has 33 heavy (non-hydrogen) atoms. The molecule has 0 aliphatic carbocycles. The van der Waals surface area contributed by atoms with Gasteiger partial charge in [-0.25, -0.2) is 0 Å². The van der Waals surface area contributed by atoms with E-state index in [0.717, 1.165) is 17.2 Å². The number of alkyl halides is 3. The molecule has 4 rings (SSSR count). The van der Waals surface area contributed by atoms with Gasteiger partial charge >= 0.3 is 6.18 Å². The van der Waals surface area contributed by atoms with Crippen LogP contribution in [-0.2, 0) is 12.6 Å². The van der Waals surface area contributed by atoms with Gasteiger partial charge in [-0.3, -0.25) is 4.79 Å². The highest BCUT2D eigenvalue weighted by atomic mass is 35.5. The SMILES string of the molecule is COc1cc2c(cc1OC)[C@H](c1ccccc1Cl)N(C(=O)c1ccccc1C(F)(F)F)CC2. The minimum atomic E-state index is -4.66. The monoisotopic (exact) mass is 475 g/mol. The highest BCUT2D eigenvalue weighted by molar-refractivity contribution is 6.31. The Bertz CT molecular complexity index is 1200. The summed E-state index contributed by atoms with van der Waals surface area (Å²) < 4.78 is 51.8. The molecular formula is C25H21ClF3NO3. The summed E-state index contributed by atoms with van der Waals surface area (Å²) in [6.07, 6.45) is -4.22. The van der Waals surface area contributed by atoms with Gasteiger partial charge in [0.05, 0.1) is 31.4 Å². The Morgan fingerprint density at radius 1 is 0.970 bits per heavy atom. The standard InChI is InChI=1S/C25H21ClF3NO3/c1-32-21-13-15-11-12-30(24(31)16-7-3-5-9-19(16)25(27,28)29)23(18(15)14-22(21)33-2)17-8-4-6-10-20(17)26/h3-10,13-14,23H,11-12H2,1-2H3/t23-/m0/s1. The van der Waals surface area contributed by atoms with Crippen molar-refractivity contribution in [1.29, 1.82) is 0 Å². The molecule has 1 aliphatic rings. The molecule has 3 aromatic rings. The Balaban J connectivity index is 1.90. The molecule has 0 radical (unpaired) electrons. The third kappa shape index (κ3) is 4.25. The molecule has 0 unspecified atom stereocenters. The van der Waals surface area contributed by atoms with Gasteiger partial charge in [0.2, 0.25) is 0 Å². The Morgan fingerprint density at radius 2 is 1.61 bits per heavy atom. The molecule has 1 aliphatic heterocycles. The van der Waals surface area contributed by atoms with Crippen LogP contribution in [0.4, 0.5) is 13.2 Å². The summed E-state index contributed by atoms with van der Waals surface area (Å²) in [5, 5.41) is 0.409. The summed E-state index contributed by atoms with van der Waals surface area (Å²) in [4.78, 5) is 15.0. The fourth-order valence-electron chi connectivity index (χ4n) is 4.27. The average Bonchev–Trinajstić information content (AvgIpc) is 2.82. The van der Waals surface area contributed by atoms with Crippen LogP contribution in [0.5, 0.6) is 11.5 Å². The fourth-order valence-corrected chi connectivity index (χ4v) is 4.51. The van der Waals surface area contributed by atoms with Gasteiger partial charge in [0, 0.05) is 11.6 Å². The zero-order chi connectivity index (χ0) is 23.8. The molecule has 172 valence electrons. The van der Waals surface area contributed by atoms with Gasteiger partial charge in [0.15, 0.2) is 11.5 Å². The smallest absolute Gasteiger partial charge is 0.417 e. The molecule has 0 N–H and O–H groups in total. The highest BCUT2D eigenvalue weighted by Gasteiger charge is 2.39. The first-order valence-corrected chi connectivity index (χ1v) is 10.6. The first-order chi connectivity index (χ1) is 15.8. The van der Waals surface area contributed by atoms with Crippen molar-refractivity contribution in [3.63, 3.8) is 0 Å². The molecule has 0 saturated carbocycles. The van der Waals surface area contributed by atoms with Crippen molar-refractivity contribution < 1.29 is 27.4 Å². The van der Waals surface area contributed by atoms with Crippen LogP contribution in [0.15, 0.2) is 60.7 Å². The average molecular weight is 476 g/mol. The van der Waals surface area contributed by atoms with Gasteiger partial charge in [-0.1, -0.05) is 41.9 Å². The van der Waals surface area contributed by atoms with Gasteiger partial charge in [-0.05, 0) is 53.4 Å². The second kappa shape index (κ2) is 8.98. The lowest BCUT2D eigenvalue weighted by atomic mass is 9.87. The lowest BCUT2D eigenvalue weighted by Crippen LogP contribution is -2.41. The maximum Gasteiger partial charge on any atom is 0.417 e. The van der Waals surface area contributed by atoms with Gasteiger partial charge in [0.25, 0.3) is 5.91 Å². The molecule has 1 heterocycles. The van der Waals surface area contributed by atoms with Crippen molar-refractivity contribution in [2.75, 3.05) is 20.8 Å². The van der Waals surface area contributed by atoms with E-state index in [0.29, 0.717) is 28.5 Å². The Labute approximate surface area is 194 Å². The summed E-state index contributed by atoms with van der Waals surface area (Å²) in [5.41, 5.74) is 0.887. The van der Waals surface area contributed by atoms with Crippen LogP contribution in [0.3, 0.4) is 0 Å². The quantitative estimate of drug-likeness (QED) is 0.453. The van der Waals surface area contributed by atoms with Crippen molar-refractivity contribution in [3.8, 4) is 11.5 Å². The van der Waals surface area contributed by atoms with E-state index in [9.17, 15) is 18.0 Å². The minimum Gasteiger partial charge on any atom is -0.493 e. The maximum atomic E-state index is 13.7. The van der Waals surface area contributed by atoms with E-state index in [4.69, 9.17) is 21.1 Å². The van der Waals surface area contributed by atoms with Crippen LogP contribution in [0, 0.1) is 0 Å². The predicted molar refractivity (Wildman–Crippen MR) is 119 cm³/mol. The van der Waals surface area contributed by atoms with E-state index in [1.807, 2.05) is 6.07 Å². The molecule has 1 amide bonds. The minimum absolute atomic E-state index is 0.212. The number of carbonyl (C=O) groups excluding carboxylic acids is 1. The third-order valence-electron chi connectivity index (χ3n) is 5.80. The molecule has 3 aromatic carbocycles. The van der Waals surface area contributed by atoms with E-state index >= 15 is 0 Å². The molecule has 0 spiro atoms. The van der Waals surface area contributed by atoms with E-state index in [-0.39, 0.29) is 6.54 Å². The molecule has 0 saturated heterocycles. The van der Waals surface area contributed by atoms with Gasteiger partial charge in [-0.15, -0.1) is 0 Å². The number of hydrogen-bond acceptors (Lipinski definition) is 3. The van der Waals surface area contributed by atoms with Crippen molar-refractivity contribution in [3.05, 3.63) is 93.5 Å². The molecule has 0 aromatic heterocycles. The van der Waals surface area contributed by atoms with Crippen molar-refractivity contribution >= 4 is 17.5 Å².